The lowest BCUT2D eigenvalue weighted by Gasteiger charge is -2.43. The van der Waals surface area contributed by atoms with Gasteiger partial charge in [-0.2, -0.15) is 0 Å². The van der Waals surface area contributed by atoms with E-state index < -0.39 is 0 Å². The van der Waals surface area contributed by atoms with Crippen molar-refractivity contribution in [1.82, 2.24) is 4.98 Å². The number of aromatic nitrogens is 1. The van der Waals surface area contributed by atoms with Crippen LogP contribution >= 0.6 is 0 Å². The Hall–Kier alpha value is -1.55. The lowest BCUT2D eigenvalue weighted by atomic mass is 9.69. The number of aryl methyl sites for hydroxylation is 1. The molecule has 102 valence electrons. The van der Waals surface area contributed by atoms with Crippen LogP contribution in [0.3, 0.4) is 0 Å². The summed E-state index contributed by atoms with van der Waals surface area (Å²) in [5, 5.41) is 9.55. The molecule has 0 saturated heterocycles. The van der Waals surface area contributed by atoms with Crippen LogP contribution in [0.15, 0.2) is 22.6 Å². The van der Waals surface area contributed by atoms with Crippen LogP contribution in [0.1, 0.15) is 25.2 Å². The highest BCUT2D eigenvalue weighted by molar-refractivity contribution is 5.77. The fourth-order valence-corrected chi connectivity index (χ4v) is 2.90. The molecule has 0 amide bonds. The van der Waals surface area contributed by atoms with Crippen LogP contribution in [0, 0.1) is 12.3 Å². The van der Waals surface area contributed by atoms with Gasteiger partial charge >= 0.3 is 0 Å². The molecule has 0 bridgehead atoms. The molecule has 1 saturated carbocycles. The van der Waals surface area contributed by atoms with E-state index in [1.165, 1.54) is 6.42 Å². The van der Waals surface area contributed by atoms with Gasteiger partial charge in [0.25, 0.3) is 0 Å². The molecule has 19 heavy (non-hydrogen) atoms. The Morgan fingerprint density at radius 1 is 1.42 bits per heavy atom. The van der Waals surface area contributed by atoms with Crippen LogP contribution in [-0.2, 0) is 0 Å². The highest BCUT2D eigenvalue weighted by Crippen LogP contribution is 2.41. The minimum Gasteiger partial charge on any atom is -0.441 e. The van der Waals surface area contributed by atoms with Gasteiger partial charge in [0, 0.05) is 37.7 Å². The van der Waals surface area contributed by atoms with Gasteiger partial charge in [-0.15, -0.1) is 0 Å². The van der Waals surface area contributed by atoms with Crippen molar-refractivity contribution in [3.8, 4) is 0 Å². The van der Waals surface area contributed by atoms with Crippen LogP contribution in [0.5, 0.6) is 0 Å². The number of aliphatic hydroxyl groups excluding tert-OH is 1. The summed E-state index contributed by atoms with van der Waals surface area (Å²) < 4.78 is 5.57. The Kier molecular flexibility index (Phi) is 2.97. The van der Waals surface area contributed by atoms with Gasteiger partial charge in [0.15, 0.2) is 11.5 Å². The normalized spacial score (nSPS) is 17.4. The second kappa shape index (κ2) is 4.53. The molecule has 0 aliphatic heterocycles. The van der Waals surface area contributed by atoms with Crippen molar-refractivity contribution < 1.29 is 9.52 Å². The third-order valence-corrected chi connectivity index (χ3v) is 4.24. The van der Waals surface area contributed by atoms with Gasteiger partial charge in [-0.25, -0.2) is 4.98 Å². The molecule has 1 N–H and O–H groups in total. The van der Waals surface area contributed by atoms with Crippen LogP contribution in [0.25, 0.3) is 11.1 Å². The van der Waals surface area contributed by atoms with E-state index in [1.54, 1.807) is 0 Å². The molecule has 2 aromatic rings. The molecule has 1 aromatic heterocycles. The molecule has 1 aliphatic carbocycles. The summed E-state index contributed by atoms with van der Waals surface area (Å²) in [5.74, 6) is 0.695. The number of fused-ring (bicyclic) bond motifs is 1. The predicted octanol–water partition coefficient (Wildman–Crippen LogP) is 2.74. The predicted molar refractivity (Wildman–Crippen MR) is 75.4 cm³/mol. The van der Waals surface area contributed by atoms with Gasteiger partial charge in [-0.05, 0) is 25.0 Å². The first-order valence-corrected chi connectivity index (χ1v) is 6.81. The van der Waals surface area contributed by atoms with Crippen LogP contribution in [-0.4, -0.2) is 30.3 Å². The number of benzene rings is 1. The topological polar surface area (TPSA) is 49.5 Å². The molecule has 0 atom stereocenters. The van der Waals surface area contributed by atoms with Gasteiger partial charge in [-0.1, -0.05) is 6.42 Å². The molecule has 0 unspecified atom stereocenters. The van der Waals surface area contributed by atoms with E-state index in [-0.39, 0.29) is 12.0 Å². The zero-order chi connectivity index (χ0) is 13.5. The van der Waals surface area contributed by atoms with E-state index in [4.69, 9.17) is 4.42 Å². The number of anilines is 1. The third-order valence-electron chi connectivity index (χ3n) is 4.24. The van der Waals surface area contributed by atoms with Crippen molar-refractivity contribution in [2.24, 2.45) is 5.41 Å². The van der Waals surface area contributed by atoms with Crippen LogP contribution in [0.2, 0.25) is 0 Å². The smallest absolute Gasteiger partial charge is 0.192 e. The first-order valence-electron chi connectivity index (χ1n) is 6.81. The Balaban J connectivity index is 1.82. The van der Waals surface area contributed by atoms with E-state index in [9.17, 15) is 5.11 Å². The molecule has 1 fully saturated rings. The lowest BCUT2D eigenvalue weighted by Crippen LogP contribution is -2.43. The molecule has 1 aliphatic rings. The number of nitrogens with zero attached hydrogens (tertiary/aromatic N) is 2. The van der Waals surface area contributed by atoms with E-state index in [2.05, 4.69) is 23.0 Å². The summed E-state index contributed by atoms with van der Waals surface area (Å²) in [6.07, 6.45) is 3.48. The average molecular weight is 260 g/mol. The number of oxazole rings is 1. The Labute approximate surface area is 113 Å². The fourth-order valence-electron chi connectivity index (χ4n) is 2.90. The van der Waals surface area contributed by atoms with Gasteiger partial charge in [-0.3, -0.25) is 0 Å². The summed E-state index contributed by atoms with van der Waals surface area (Å²) >= 11 is 0. The van der Waals surface area contributed by atoms with E-state index in [0.717, 1.165) is 36.2 Å². The standard InChI is InChI=1S/C15H20N2O2/c1-11-16-13-5-4-12(8-14(13)19-11)17(2)9-15(10-18)6-3-7-15/h4-5,8,18H,3,6-7,9-10H2,1-2H3. The van der Waals surface area contributed by atoms with Gasteiger partial charge in [0.05, 0.1) is 6.61 Å². The first kappa shape index (κ1) is 12.5. The minimum atomic E-state index is 0.0983. The fraction of sp³-hybridized carbons (Fsp3) is 0.533. The maximum absolute atomic E-state index is 9.55. The summed E-state index contributed by atoms with van der Waals surface area (Å²) in [7, 11) is 2.07. The maximum atomic E-state index is 9.55. The number of hydrogen-bond acceptors (Lipinski definition) is 4. The summed E-state index contributed by atoms with van der Waals surface area (Å²) in [5.41, 5.74) is 2.94. The summed E-state index contributed by atoms with van der Waals surface area (Å²) in [6, 6.07) is 6.08. The quantitative estimate of drug-likeness (QED) is 0.918. The molecule has 3 rings (SSSR count). The minimum absolute atomic E-state index is 0.0983. The second-order valence-corrected chi connectivity index (χ2v) is 5.75. The molecule has 4 heteroatoms. The van der Waals surface area contributed by atoms with E-state index in [1.807, 2.05) is 19.1 Å². The number of aliphatic hydroxyl groups is 1. The van der Waals surface area contributed by atoms with Gasteiger partial charge < -0.3 is 14.4 Å². The van der Waals surface area contributed by atoms with Crippen molar-refractivity contribution in [3.63, 3.8) is 0 Å². The second-order valence-electron chi connectivity index (χ2n) is 5.75. The SMILES string of the molecule is Cc1nc2ccc(N(C)CC3(CO)CCC3)cc2o1. The summed E-state index contributed by atoms with van der Waals surface area (Å²) in [4.78, 5) is 6.51. The monoisotopic (exact) mass is 260 g/mol. The Bertz CT molecular complexity index is 581. The van der Waals surface area contributed by atoms with Gasteiger partial charge in [0.2, 0.25) is 0 Å². The largest absolute Gasteiger partial charge is 0.441 e. The van der Waals surface area contributed by atoms with E-state index in [0.29, 0.717) is 5.89 Å². The first-order chi connectivity index (χ1) is 9.12. The molecule has 1 heterocycles. The third kappa shape index (κ3) is 2.21. The molecule has 0 spiro atoms. The molecule has 1 aromatic carbocycles. The molecule has 4 nitrogen and oxygen atoms in total. The Morgan fingerprint density at radius 2 is 2.21 bits per heavy atom. The summed E-state index contributed by atoms with van der Waals surface area (Å²) in [6.45, 7) is 3.03. The zero-order valence-electron chi connectivity index (χ0n) is 11.5. The van der Waals surface area contributed by atoms with Crippen LogP contribution < -0.4 is 4.90 Å². The number of hydrogen-bond donors (Lipinski definition) is 1. The van der Waals surface area contributed by atoms with Crippen molar-refractivity contribution >= 4 is 16.8 Å². The highest BCUT2D eigenvalue weighted by atomic mass is 16.3. The number of rotatable bonds is 4. The highest BCUT2D eigenvalue weighted by Gasteiger charge is 2.37. The van der Waals surface area contributed by atoms with Gasteiger partial charge in [0.1, 0.15) is 5.52 Å². The van der Waals surface area contributed by atoms with E-state index >= 15 is 0 Å². The maximum Gasteiger partial charge on any atom is 0.192 e. The average Bonchev–Trinajstić information content (AvgIpc) is 2.72. The zero-order valence-corrected chi connectivity index (χ0v) is 11.5. The molecular weight excluding hydrogens is 240 g/mol. The van der Waals surface area contributed by atoms with Crippen molar-refractivity contribution in [3.05, 3.63) is 24.1 Å². The molecular formula is C15H20N2O2. The van der Waals surface area contributed by atoms with Crippen molar-refractivity contribution in [2.75, 3.05) is 25.1 Å². The molecule has 0 radical (unpaired) electrons. The van der Waals surface area contributed by atoms with Crippen molar-refractivity contribution in [2.45, 2.75) is 26.2 Å². The van der Waals surface area contributed by atoms with Crippen molar-refractivity contribution in [1.29, 1.82) is 0 Å². The lowest BCUT2D eigenvalue weighted by molar-refractivity contribution is 0.0524. The Morgan fingerprint density at radius 3 is 2.84 bits per heavy atom. The van der Waals surface area contributed by atoms with Crippen LogP contribution in [0.4, 0.5) is 5.69 Å².